The Hall–Kier alpha value is -3.59. The maximum atomic E-state index is 13.3. The fourth-order valence-corrected chi connectivity index (χ4v) is 4.37. The summed E-state index contributed by atoms with van der Waals surface area (Å²) in [5.74, 6) is 0.159. The van der Waals surface area contributed by atoms with Crippen LogP contribution in [0.25, 0.3) is 0 Å². The molecular weight excluding hydrogens is 436 g/mol. The highest BCUT2D eigenvalue weighted by Crippen LogP contribution is 2.32. The predicted molar refractivity (Wildman–Crippen MR) is 127 cm³/mol. The van der Waals surface area contributed by atoms with Crippen molar-refractivity contribution in [2.45, 2.75) is 44.1 Å². The van der Waals surface area contributed by atoms with Crippen LogP contribution >= 0.6 is 0 Å². The Kier molecular flexibility index (Phi) is 7.32. The van der Waals surface area contributed by atoms with Crippen LogP contribution in [0.15, 0.2) is 48.5 Å². The average molecular weight is 467 g/mol. The summed E-state index contributed by atoms with van der Waals surface area (Å²) >= 11 is 0. The number of rotatable bonds is 5. The number of fused-ring (bicyclic) bond motifs is 2. The van der Waals surface area contributed by atoms with Gasteiger partial charge in [0.25, 0.3) is 5.91 Å². The molecule has 0 aromatic heterocycles. The van der Waals surface area contributed by atoms with E-state index in [4.69, 9.17) is 9.47 Å². The average Bonchev–Trinajstić information content (AvgIpc) is 2.86. The van der Waals surface area contributed by atoms with Crippen LogP contribution in [-0.2, 0) is 16.1 Å². The first-order chi connectivity index (χ1) is 16.4. The lowest BCUT2D eigenvalue weighted by molar-refractivity contribution is -0.133. The second-order valence-corrected chi connectivity index (χ2v) is 8.55. The second kappa shape index (κ2) is 10.6. The van der Waals surface area contributed by atoms with E-state index < -0.39 is 0 Å². The third kappa shape index (κ3) is 5.48. The van der Waals surface area contributed by atoms with E-state index in [2.05, 4.69) is 16.0 Å². The summed E-state index contributed by atoms with van der Waals surface area (Å²) in [6.45, 7) is 0.663. The number of benzene rings is 2. The van der Waals surface area contributed by atoms with Crippen molar-refractivity contribution in [1.82, 2.24) is 15.5 Å². The molecule has 34 heavy (non-hydrogen) atoms. The van der Waals surface area contributed by atoms with E-state index in [0.717, 1.165) is 5.56 Å². The molecule has 0 radical (unpaired) electrons. The fourth-order valence-electron chi connectivity index (χ4n) is 4.37. The minimum atomic E-state index is -0.362. The Labute approximate surface area is 198 Å². The van der Waals surface area contributed by atoms with Gasteiger partial charge in [0, 0.05) is 26.3 Å². The van der Waals surface area contributed by atoms with Gasteiger partial charge in [-0.2, -0.15) is 0 Å². The Morgan fingerprint density at radius 3 is 2.68 bits per heavy atom. The van der Waals surface area contributed by atoms with Crippen molar-refractivity contribution in [2.24, 2.45) is 0 Å². The second-order valence-electron chi connectivity index (χ2n) is 8.55. The van der Waals surface area contributed by atoms with Gasteiger partial charge in [-0.3, -0.25) is 9.59 Å². The first-order valence-electron chi connectivity index (χ1n) is 11.4. The van der Waals surface area contributed by atoms with E-state index >= 15 is 0 Å². The molecule has 4 amide bonds. The molecule has 0 aliphatic carbocycles. The molecule has 2 aromatic rings. The van der Waals surface area contributed by atoms with E-state index in [0.29, 0.717) is 36.4 Å². The molecule has 0 saturated carbocycles. The predicted octanol–water partition coefficient (Wildman–Crippen LogP) is 2.52. The number of amides is 4. The van der Waals surface area contributed by atoms with Crippen LogP contribution in [0, 0.1) is 0 Å². The number of urea groups is 1. The van der Waals surface area contributed by atoms with E-state index in [1.807, 2.05) is 30.3 Å². The van der Waals surface area contributed by atoms with Crippen molar-refractivity contribution in [1.29, 1.82) is 0 Å². The summed E-state index contributed by atoms with van der Waals surface area (Å²) < 4.78 is 12.1. The minimum Gasteiger partial charge on any atom is -0.490 e. The maximum absolute atomic E-state index is 13.3. The van der Waals surface area contributed by atoms with E-state index in [-0.39, 0.29) is 49.1 Å². The van der Waals surface area contributed by atoms with Crippen molar-refractivity contribution in [3.63, 3.8) is 0 Å². The number of ether oxygens (including phenoxy) is 2. The van der Waals surface area contributed by atoms with Crippen LogP contribution in [0.3, 0.4) is 0 Å². The van der Waals surface area contributed by atoms with Gasteiger partial charge in [-0.25, -0.2) is 4.79 Å². The largest absolute Gasteiger partial charge is 0.490 e. The number of likely N-dealkylation sites (N-methyl/N-ethyl adjacent to an activating group) is 1. The van der Waals surface area contributed by atoms with E-state index in [1.54, 1.807) is 37.2 Å². The molecule has 1 saturated heterocycles. The molecule has 1 fully saturated rings. The highest BCUT2D eigenvalue weighted by Gasteiger charge is 2.39. The molecule has 3 atom stereocenters. The number of nitrogens with one attached hydrogen (secondary N) is 3. The highest BCUT2D eigenvalue weighted by molar-refractivity contribution is 5.99. The summed E-state index contributed by atoms with van der Waals surface area (Å²) in [6.07, 6.45) is 1.16. The molecule has 4 rings (SSSR count). The molecule has 3 N–H and O–H groups in total. The smallest absolute Gasteiger partial charge is 0.319 e. The number of hydrogen-bond donors (Lipinski definition) is 3. The van der Waals surface area contributed by atoms with Gasteiger partial charge in [-0.05, 0) is 36.6 Å². The monoisotopic (exact) mass is 466 g/mol. The minimum absolute atomic E-state index is 0.0715. The van der Waals surface area contributed by atoms with E-state index in [9.17, 15) is 14.4 Å². The normalized spacial score (nSPS) is 21.8. The zero-order valence-electron chi connectivity index (χ0n) is 19.4. The van der Waals surface area contributed by atoms with Crippen LogP contribution in [0.1, 0.15) is 35.2 Å². The van der Waals surface area contributed by atoms with Crippen LogP contribution in [0.4, 0.5) is 10.5 Å². The SMILES string of the molecule is CNC(=O)C[C@H]1CC[C@H]2[C@@H](COc3ccc(NC(=O)NCc4ccccc4)cc3C(=O)N2C)O1. The maximum Gasteiger partial charge on any atom is 0.319 e. The standard InChI is InChI=1S/C25H30N4O5/c1-26-23(30)13-18-9-10-20-22(34-18)15-33-21-11-8-17(12-19(21)24(31)29(20)2)28-25(32)27-14-16-6-4-3-5-7-16/h3-8,11-12,18,20,22H,9-10,13-15H2,1-2H3,(H,26,30)(H2,27,28,32)/t18-,20+,22-/m1/s1. The van der Waals surface area contributed by atoms with Gasteiger partial charge in [0.2, 0.25) is 5.91 Å². The summed E-state index contributed by atoms with van der Waals surface area (Å²) in [5.41, 5.74) is 1.87. The number of anilines is 1. The van der Waals surface area contributed by atoms with Gasteiger partial charge in [0.15, 0.2) is 0 Å². The number of carbonyl (C=O) groups excluding carboxylic acids is 3. The molecular formula is C25H30N4O5. The quantitative estimate of drug-likeness (QED) is 0.628. The Balaban J connectivity index is 1.43. The van der Waals surface area contributed by atoms with Gasteiger partial charge in [0.1, 0.15) is 18.5 Å². The van der Waals surface area contributed by atoms with Gasteiger partial charge < -0.3 is 30.3 Å². The number of hydrogen-bond acceptors (Lipinski definition) is 5. The topological polar surface area (TPSA) is 109 Å². The van der Waals surface area contributed by atoms with E-state index in [1.165, 1.54) is 0 Å². The highest BCUT2D eigenvalue weighted by atomic mass is 16.5. The molecule has 2 aromatic carbocycles. The third-order valence-corrected chi connectivity index (χ3v) is 6.26. The summed E-state index contributed by atoms with van der Waals surface area (Å²) in [7, 11) is 3.36. The molecule has 2 heterocycles. The fraction of sp³-hybridized carbons (Fsp3) is 0.400. The first kappa shape index (κ1) is 23.6. The van der Waals surface area contributed by atoms with Crippen molar-refractivity contribution in [2.75, 3.05) is 26.0 Å². The zero-order valence-corrected chi connectivity index (χ0v) is 19.4. The molecule has 0 unspecified atom stereocenters. The van der Waals surface area contributed by atoms with Crippen LogP contribution in [0.5, 0.6) is 5.75 Å². The third-order valence-electron chi connectivity index (χ3n) is 6.26. The molecule has 9 heteroatoms. The first-order valence-corrected chi connectivity index (χ1v) is 11.4. The zero-order chi connectivity index (χ0) is 24.1. The lowest BCUT2D eigenvalue weighted by Gasteiger charge is -2.42. The molecule has 2 aliphatic rings. The Bertz CT molecular complexity index is 1040. The van der Waals surface area contributed by atoms with Crippen molar-refractivity contribution < 1.29 is 23.9 Å². The molecule has 0 spiro atoms. The Morgan fingerprint density at radius 2 is 1.91 bits per heavy atom. The van der Waals surface area contributed by atoms with Gasteiger partial charge >= 0.3 is 6.03 Å². The van der Waals surface area contributed by atoms with Crippen LogP contribution in [0.2, 0.25) is 0 Å². The van der Waals surface area contributed by atoms with Crippen LogP contribution in [-0.4, -0.2) is 61.7 Å². The van der Waals surface area contributed by atoms with Gasteiger partial charge in [0.05, 0.1) is 24.1 Å². The summed E-state index contributed by atoms with van der Waals surface area (Å²) in [4.78, 5) is 39.1. The summed E-state index contributed by atoms with van der Waals surface area (Å²) in [6, 6.07) is 14.1. The van der Waals surface area contributed by atoms with Crippen molar-refractivity contribution in [3.8, 4) is 5.75 Å². The lowest BCUT2D eigenvalue weighted by Crippen LogP contribution is -2.53. The van der Waals surface area contributed by atoms with Crippen molar-refractivity contribution >= 4 is 23.5 Å². The Morgan fingerprint density at radius 1 is 1.12 bits per heavy atom. The molecule has 0 bridgehead atoms. The van der Waals surface area contributed by atoms with Crippen molar-refractivity contribution in [3.05, 3.63) is 59.7 Å². The number of carbonyl (C=O) groups is 3. The van der Waals surface area contributed by atoms with Gasteiger partial charge in [-0.1, -0.05) is 30.3 Å². The molecule has 9 nitrogen and oxygen atoms in total. The van der Waals surface area contributed by atoms with Gasteiger partial charge in [-0.15, -0.1) is 0 Å². The lowest BCUT2D eigenvalue weighted by atomic mass is 9.94. The summed E-state index contributed by atoms with van der Waals surface area (Å²) in [5, 5.41) is 8.21. The van der Waals surface area contributed by atoms with Crippen LogP contribution < -0.4 is 20.7 Å². The number of nitrogens with zero attached hydrogens (tertiary/aromatic N) is 1. The molecule has 2 aliphatic heterocycles. The molecule has 180 valence electrons.